The molecule has 284 valence electrons. The predicted molar refractivity (Wildman–Crippen MR) is 192 cm³/mol. The first-order valence-electron chi connectivity index (χ1n) is 18.3. The van der Waals surface area contributed by atoms with E-state index in [0.717, 1.165) is 12.8 Å². The van der Waals surface area contributed by atoms with Gasteiger partial charge in [0.1, 0.15) is 12.1 Å². The van der Waals surface area contributed by atoms with Gasteiger partial charge in [0.25, 0.3) is 5.91 Å². The predicted octanol–water partition coefficient (Wildman–Crippen LogP) is 2.93. The van der Waals surface area contributed by atoms with Crippen LogP contribution in [0.25, 0.3) is 0 Å². The van der Waals surface area contributed by atoms with Crippen LogP contribution in [0.15, 0.2) is 12.7 Å². The first-order chi connectivity index (χ1) is 23.4. The second-order valence-electron chi connectivity index (χ2n) is 18.7. The molecule has 2 heterocycles. The van der Waals surface area contributed by atoms with Crippen molar-refractivity contribution in [3.8, 4) is 0 Å². The molecule has 0 aromatic heterocycles. The van der Waals surface area contributed by atoms with Crippen LogP contribution in [0, 0.1) is 39.4 Å². The molecule has 4 aliphatic rings. The molecule has 7 amide bonds. The molecule has 2 aliphatic carbocycles. The Morgan fingerprint density at radius 2 is 1.49 bits per heavy atom. The number of piperidine rings is 2. The van der Waals surface area contributed by atoms with Crippen molar-refractivity contribution >= 4 is 41.4 Å². The van der Waals surface area contributed by atoms with Crippen LogP contribution in [0.4, 0.5) is 4.79 Å². The van der Waals surface area contributed by atoms with Gasteiger partial charge in [-0.3, -0.25) is 33.7 Å². The highest BCUT2D eigenvalue weighted by atomic mass is 16.2. The van der Waals surface area contributed by atoms with Crippen LogP contribution in [0.5, 0.6) is 0 Å². The summed E-state index contributed by atoms with van der Waals surface area (Å²) >= 11 is 0. The van der Waals surface area contributed by atoms with Gasteiger partial charge in [-0.2, -0.15) is 0 Å². The number of carbonyl (C=O) groups excluding carboxylic acids is 7. The van der Waals surface area contributed by atoms with Crippen molar-refractivity contribution < 1.29 is 33.6 Å². The Bertz CT molecular complexity index is 1430. The number of urea groups is 1. The smallest absolute Gasteiger partial charge is 0.315 e. The first kappa shape index (κ1) is 40.0. The highest BCUT2D eigenvalue weighted by Gasteiger charge is 2.70. The quantitative estimate of drug-likeness (QED) is 0.129. The molecular formula is C38H60N6O7. The molecule has 4 rings (SSSR count). The molecular weight excluding hydrogens is 652 g/mol. The van der Waals surface area contributed by atoms with Gasteiger partial charge in [-0.1, -0.05) is 88.2 Å². The van der Waals surface area contributed by atoms with Crippen molar-refractivity contribution in [3.63, 3.8) is 0 Å². The van der Waals surface area contributed by atoms with E-state index >= 15 is 0 Å². The Kier molecular flexibility index (Phi) is 11.2. The van der Waals surface area contributed by atoms with Crippen LogP contribution < -0.4 is 21.3 Å². The number of carbonyl (C=O) groups is 7. The molecule has 2 saturated carbocycles. The summed E-state index contributed by atoms with van der Waals surface area (Å²) in [4.78, 5) is 96.7. The Hall–Kier alpha value is -3.77. The van der Waals surface area contributed by atoms with Gasteiger partial charge in [-0.05, 0) is 45.8 Å². The van der Waals surface area contributed by atoms with Gasteiger partial charge in [-0.15, -0.1) is 6.58 Å². The minimum absolute atomic E-state index is 0.00202. The standard InChI is InChI=1S/C38H60N6O7/c1-12-15-39-32(49)29(47)23(16-21-13-14-21)40-31(48)28-27-22(38(27,10)11)19-44(28)33(50)30(36(5,6)7)42-34(51)41-24(35(2,3)4)20-43-25(45)17-37(8,9)18-26(43)46/h12,21-24,27-28,30H,1,13-20H2,2-11H3,(H,39,49)(H,40,48)(H2,41,42,51)/t22-,23+,24-,27+,28+,30-/m1/s1. The number of ketones is 1. The van der Waals surface area contributed by atoms with Gasteiger partial charge >= 0.3 is 6.03 Å². The number of imide groups is 1. The lowest BCUT2D eigenvalue weighted by atomic mass is 9.80. The van der Waals surface area contributed by atoms with Gasteiger partial charge in [0.05, 0.1) is 12.1 Å². The molecule has 0 aromatic rings. The summed E-state index contributed by atoms with van der Waals surface area (Å²) in [5, 5.41) is 11.2. The average molecular weight is 713 g/mol. The molecule has 0 radical (unpaired) electrons. The van der Waals surface area contributed by atoms with Crippen molar-refractivity contribution in [1.29, 1.82) is 0 Å². The van der Waals surface area contributed by atoms with Gasteiger partial charge in [0, 0.05) is 32.5 Å². The lowest BCUT2D eigenvalue weighted by Gasteiger charge is -2.40. The number of hydrogen-bond acceptors (Lipinski definition) is 7. The Morgan fingerprint density at radius 3 is 2.00 bits per heavy atom. The lowest BCUT2D eigenvalue weighted by molar-refractivity contribution is -0.153. The first-order valence-corrected chi connectivity index (χ1v) is 18.3. The topological polar surface area (TPSA) is 174 Å². The van der Waals surface area contributed by atoms with Crippen molar-refractivity contribution in [2.75, 3.05) is 19.6 Å². The summed E-state index contributed by atoms with van der Waals surface area (Å²) in [7, 11) is 0. The molecule has 0 aromatic carbocycles. The molecule has 2 saturated heterocycles. The van der Waals surface area contributed by atoms with Gasteiger partial charge < -0.3 is 26.2 Å². The zero-order valence-corrected chi connectivity index (χ0v) is 32.2. The molecule has 4 N–H and O–H groups in total. The van der Waals surface area contributed by atoms with E-state index in [1.165, 1.54) is 15.9 Å². The number of hydrogen-bond donors (Lipinski definition) is 4. The number of Topliss-reactive ketones (excluding diaryl/α,β-unsaturated/α-hetero) is 1. The number of nitrogens with zero attached hydrogens (tertiary/aromatic N) is 2. The van der Waals surface area contributed by atoms with Crippen LogP contribution >= 0.6 is 0 Å². The Labute approximate surface area is 302 Å². The van der Waals surface area contributed by atoms with E-state index < -0.39 is 69.9 Å². The number of amides is 7. The number of likely N-dealkylation sites (tertiary alicyclic amines) is 2. The van der Waals surface area contributed by atoms with E-state index in [9.17, 15) is 33.6 Å². The zero-order chi connectivity index (χ0) is 38.4. The van der Waals surface area contributed by atoms with E-state index in [0.29, 0.717) is 13.0 Å². The minimum Gasteiger partial charge on any atom is -0.346 e. The van der Waals surface area contributed by atoms with E-state index in [-0.39, 0.29) is 60.9 Å². The maximum absolute atomic E-state index is 14.5. The summed E-state index contributed by atoms with van der Waals surface area (Å²) < 4.78 is 0. The van der Waals surface area contributed by atoms with Gasteiger partial charge in [0.15, 0.2) is 0 Å². The fourth-order valence-corrected chi connectivity index (χ4v) is 7.68. The summed E-state index contributed by atoms with van der Waals surface area (Å²) in [6, 6.07) is -4.20. The zero-order valence-electron chi connectivity index (χ0n) is 32.2. The fraction of sp³-hybridized carbons (Fsp3) is 0.763. The van der Waals surface area contributed by atoms with Crippen LogP contribution in [0.3, 0.4) is 0 Å². The highest BCUT2D eigenvalue weighted by Crippen LogP contribution is 2.65. The molecule has 0 spiro atoms. The monoisotopic (exact) mass is 712 g/mol. The number of nitrogens with one attached hydrogen (secondary N) is 4. The summed E-state index contributed by atoms with van der Waals surface area (Å²) in [6.45, 7) is 23.0. The summed E-state index contributed by atoms with van der Waals surface area (Å²) in [6.07, 6.45) is 4.10. The summed E-state index contributed by atoms with van der Waals surface area (Å²) in [5.41, 5.74) is -1.96. The Morgan fingerprint density at radius 1 is 0.902 bits per heavy atom. The van der Waals surface area contributed by atoms with E-state index in [1.54, 1.807) is 0 Å². The van der Waals surface area contributed by atoms with Crippen molar-refractivity contribution in [2.24, 2.45) is 39.4 Å². The van der Waals surface area contributed by atoms with Crippen molar-refractivity contribution in [1.82, 2.24) is 31.1 Å². The molecule has 0 unspecified atom stereocenters. The van der Waals surface area contributed by atoms with E-state index in [1.807, 2.05) is 55.4 Å². The van der Waals surface area contributed by atoms with Crippen LogP contribution in [0.2, 0.25) is 0 Å². The van der Waals surface area contributed by atoms with Gasteiger partial charge in [0.2, 0.25) is 29.4 Å². The second kappa shape index (κ2) is 14.3. The largest absolute Gasteiger partial charge is 0.346 e. The van der Waals surface area contributed by atoms with Crippen LogP contribution in [-0.4, -0.2) is 95.0 Å². The van der Waals surface area contributed by atoms with Gasteiger partial charge in [-0.25, -0.2) is 4.79 Å². The van der Waals surface area contributed by atoms with Crippen LogP contribution in [-0.2, 0) is 28.8 Å². The molecule has 4 fully saturated rings. The Balaban J connectivity index is 1.52. The SMILES string of the molecule is C=CCNC(=O)C(=O)[C@H](CC1CC1)NC(=O)[C@@H]1[C@@H]2[C@@H](CN1C(=O)[C@@H](NC(=O)N[C@H](CN1C(=O)CC(C)(C)CC1=O)C(C)(C)C)C(C)(C)C)C2(C)C. The van der Waals surface area contributed by atoms with Crippen molar-refractivity contribution in [3.05, 3.63) is 12.7 Å². The normalized spacial score (nSPS) is 25.6. The average Bonchev–Trinajstić information content (AvgIpc) is 3.84. The third kappa shape index (κ3) is 9.18. The molecule has 13 heteroatoms. The number of rotatable bonds is 13. The lowest BCUT2D eigenvalue weighted by Crippen LogP contribution is -2.63. The maximum atomic E-state index is 14.5. The molecule has 2 aliphatic heterocycles. The molecule has 51 heavy (non-hydrogen) atoms. The maximum Gasteiger partial charge on any atom is 0.315 e. The van der Waals surface area contributed by atoms with E-state index in [4.69, 9.17) is 0 Å². The van der Waals surface area contributed by atoms with Crippen molar-refractivity contribution in [2.45, 2.75) is 126 Å². The molecule has 6 atom stereocenters. The van der Waals surface area contributed by atoms with Crippen LogP contribution in [0.1, 0.15) is 101 Å². The van der Waals surface area contributed by atoms with E-state index in [2.05, 4.69) is 41.7 Å². The second-order valence-corrected chi connectivity index (χ2v) is 18.7. The number of fused-ring (bicyclic) bond motifs is 1. The fourth-order valence-electron chi connectivity index (χ4n) is 7.68. The molecule has 13 nitrogen and oxygen atoms in total. The third-order valence-electron chi connectivity index (χ3n) is 11.3. The summed E-state index contributed by atoms with van der Waals surface area (Å²) in [5.74, 6) is -2.86. The molecule has 0 bridgehead atoms. The third-order valence-corrected chi connectivity index (χ3v) is 11.3. The highest BCUT2D eigenvalue weighted by molar-refractivity contribution is 6.38. The minimum atomic E-state index is -1.04.